The van der Waals surface area contributed by atoms with Gasteiger partial charge in [-0.3, -0.25) is 9.78 Å². The Morgan fingerprint density at radius 3 is 2.78 bits per heavy atom. The number of hydrogen-bond donors (Lipinski definition) is 1. The lowest BCUT2D eigenvalue weighted by Crippen LogP contribution is -2.44. The van der Waals surface area contributed by atoms with Gasteiger partial charge in [-0.05, 0) is 56.9 Å². The maximum atomic E-state index is 13.0. The van der Waals surface area contributed by atoms with Gasteiger partial charge in [-0.1, -0.05) is 17.6 Å². The third kappa shape index (κ3) is 4.22. The summed E-state index contributed by atoms with van der Waals surface area (Å²) in [6.45, 7) is 3.42. The van der Waals surface area contributed by atoms with E-state index in [9.17, 15) is 4.79 Å². The molecule has 0 aromatic carbocycles. The fraction of sp³-hybridized carbons (Fsp3) is 0.458. The zero-order chi connectivity index (χ0) is 21.9. The highest BCUT2D eigenvalue weighted by molar-refractivity contribution is 5.80. The van der Waals surface area contributed by atoms with E-state index in [1.54, 1.807) is 12.4 Å². The lowest BCUT2D eigenvalue weighted by molar-refractivity contribution is -0.125. The average molecular weight is 433 g/mol. The van der Waals surface area contributed by atoms with Crippen LogP contribution in [-0.2, 0) is 4.79 Å². The molecule has 1 saturated carbocycles. The summed E-state index contributed by atoms with van der Waals surface area (Å²) in [6.07, 6.45) is 8.74. The van der Waals surface area contributed by atoms with Gasteiger partial charge in [0.15, 0.2) is 0 Å². The van der Waals surface area contributed by atoms with Crippen molar-refractivity contribution < 1.29 is 9.32 Å². The summed E-state index contributed by atoms with van der Waals surface area (Å²) in [6, 6.07) is 9.48. The van der Waals surface area contributed by atoms with Crippen molar-refractivity contribution in [2.24, 2.45) is 5.92 Å². The highest BCUT2D eigenvalue weighted by atomic mass is 16.5. The predicted octanol–water partition coefficient (Wildman–Crippen LogP) is 3.89. The molecule has 1 amide bonds. The molecule has 2 atom stereocenters. The monoisotopic (exact) mass is 432 g/mol. The van der Waals surface area contributed by atoms with E-state index in [1.165, 1.54) is 6.42 Å². The molecule has 0 bridgehead atoms. The average Bonchev–Trinajstić information content (AvgIpc) is 3.28. The van der Waals surface area contributed by atoms with E-state index in [0.29, 0.717) is 18.3 Å². The van der Waals surface area contributed by atoms with E-state index in [4.69, 9.17) is 4.52 Å². The molecule has 1 aliphatic heterocycles. The zero-order valence-electron chi connectivity index (χ0n) is 18.3. The van der Waals surface area contributed by atoms with Crippen molar-refractivity contribution in [3.63, 3.8) is 0 Å². The molecule has 8 heteroatoms. The molecular weight excluding hydrogens is 404 g/mol. The fourth-order valence-electron chi connectivity index (χ4n) is 4.41. The zero-order valence-corrected chi connectivity index (χ0v) is 18.3. The molecule has 166 valence electrons. The number of aromatic nitrogens is 4. The van der Waals surface area contributed by atoms with Crippen molar-refractivity contribution in [1.82, 2.24) is 25.4 Å². The first-order valence-corrected chi connectivity index (χ1v) is 11.4. The van der Waals surface area contributed by atoms with Gasteiger partial charge in [-0.15, -0.1) is 0 Å². The quantitative estimate of drug-likeness (QED) is 0.631. The number of pyridine rings is 2. The number of anilines is 1. The number of carbonyl (C=O) groups is 1. The molecule has 8 nitrogen and oxygen atoms in total. The Bertz CT molecular complexity index is 1070. The first-order chi connectivity index (χ1) is 15.7. The van der Waals surface area contributed by atoms with Crippen LogP contribution in [0.15, 0.2) is 47.2 Å². The first kappa shape index (κ1) is 20.6. The number of amides is 1. The molecule has 32 heavy (non-hydrogen) atoms. The number of rotatable bonds is 6. The SMILES string of the molecule is C[C@H](NC(=O)[C@@H]1CCCN(c2ncccc2-c2noc(C3CCC3)n2)C1)c1ccccn1. The number of nitrogens with zero attached hydrogens (tertiary/aromatic N) is 5. The second-order valence-electron chi connectivity index (χ2n) is 8.73. The topological polar surface area (TPSA) is 97.0 Å². The first-order valence-electron chi connectivity index (χ1n) is 11.4. The molecule has 3 aromatic heterocycles. The van der Waals surface area contributed by atoms with Gasteiger partial charge in [0, 0.05) is 31.4 Å². The maximum Gasteiger partial charge on any atom is 0.230 e. The lowest BCUT2D eigenvalue weighted by atomic mass is 9.85. The van der Waals surface area contributed by atoms with Gasteiger partial charge in [0.1, 0.15) is 5.82 Å². The Kier molecular flexibility index (Phi) is 5.83. The summed E-state index contributed by atoms with van der Waals surface area (Å²) in [5, 5.41) is 7.36. The second-order valence-corrected chi connectivity index (χ2v) is 8.73. The molecule has 0 unspecified atom stereocenters. The van der Waals surface area contributed by atoms with Crippen molar-refractivity contribution >= 4 is 11.7 Å². The van der Waals surface area contributed by atoms with Crippen LogP contribution >= 0.6 is 0 Å². The Balaban J connectivity index is 1.30. The van der Waals surface area contributed by atoms with E-state index >= 15 is 0 Å². The van der Waals surface area contributed by atoms with Gasteiger partial charge in [0.05, 0.1) is 23.2 Å². The molecule has 0 radical (unpaired) electrons. The molecule has 1 aliphatic carbocycles. The Morgan fingerprint density at radius 2 is 2.00 bits per heavy atom. The smallest absolute Gasteiger partial charge is 0.230 e. The van der Waals surface area contributed by atoms with Gasteiger partial charge in [0.25, 0.3) is 0 Å². The van der Waals surface area contributed by atoms with Gasteiger partial charge >= 0.3 is 0 Å². The van der Waals surface area contributed by atoms with E-state index in [1.807, 2.05) is 37.3 Å². The molecular formula is C24H28N6O2. The Labute approximate surface area is 187 Å². The van der Waals surface area contributed by atoms with Crippen LogP contribution in [0.4, 0.5) is 5.82 Å². The van der Waals surface area contributed by atoms with Crippen LogP contribution in [0.2, 0.25) is 0 Å². The van der Waals surface area contributed by atoms with Crippen LogP contribution in [0.25, 0.3) is 11.4 Å². The third-order valence-corrected chi connectivity index (χ3v) is 6.51. The van der Waals surface area contributed by atoms with Crippen molar-refractivity contribution in [1.29, 1.82) is 0 Å². The van der Waals surface area contributed by atoms with Crippen molar-refractivity contribution in [2.75, 3.05) is 18.0 Å². The van der Waals surface area contributed by atoms with E-state index in [-0.39, 0.29) is 17.9 Å². The summed E-state index contributed by atoms with van der Waals surface area (Å²) in [5.74, 6) is 2.44. The van der Waals surface area contributed by atoms with Crippen LogP contribution in [0, 0.1) is 5.92 Å². The van der Waals surface area contributed by atoms with E-state index in [2.05, 4.69) is 30.3 Å². The molecule has 2 fully saturated rings. The molecule has 4 heterocycles. The molecule has 0 spiro atoms. The number of carbonyl (C=O) groups excluding carboxylic acids is 1. The van der Waals surface area contributed by atoms with Gasteiger partial charge < -0.3 is 14.7 Å². The number of piperidine rings is 1. The summed E-state index contributed by atoms with van der Waals surface area (Å²) >= 11 is 0. The molecule has 5 rings (SSSR count). The third-order valence-electron chi connectivity index (χ3n) is 6.51. The molecule has 1 N–H and O–H groups in total. The fourth-order valence-corrected chi connectivity index (χ4v) is 4.41. The maximum absolute atomic E-state index is 13.0. The van der Waals surface area contributed by atoms with Crippen LogP contribution in [0.1, 0.15) is 62.6 Å². The number of nitrogens with one attached hydrogen (secondary N) is 1. The Hall–Kier alpha value is -3.29. The molecule has 1 saturated heterocycles. The highest BCUT2D eigenvalue weighted by Gasteiger charge is 2.30. The summed E-state index contributed by atoms with van der Waals surface area (Å²) in [7, 11) is 0. The Morgan fingerprint density at radius 1 is 1.12 bits per heavy atom. The minimum absolute atomic E-state index is 0.0529. The van der Waals surface area contributed by atoms with Gasteiger partial charge in [-0.2, -0.15) is 4.98 Å². The summed E-state index contributed by atoms with van der Waals surface area (Å²) in [5.41, 5.74) is 1.71. The standard InChI is InChI=1S/C24H28N6O2/c1-16(20-11-2-3-12-25-20)27-23(31)18-9-6-14-30(15-18)22-19(10-5-13-26-22)21-28-24(32-29-21)17-7-4-8-17/h2-3,5,10-13,16-18H,4,6-9,14-15H2,1H3,(H,27,31)/t16-,18+/m0/s1. The van der Waals surface area contributed by atoms with Crippen LogP contribution in [0.5, 0.6) is 0 Å². The van der Waals surface area contributed by atoms with Crippen LogP contribution in [0.3, 0.4) is 0 Å². The van der Waals surface area contributed by atoms with Crippen molar-refractivity contribution in [3.8, 4) is 11.4 Å². The summed E-state index contributed by atoms with van der Waals surface area (Å²) < 4.78 is 5.53. The van der Waals surface area contributed by atoms with Crippen molar-refractivity contribution in [2.45, 2.75) is 51.0 Å². The van der Waals surface area contributed by atoms with E-state index < -0.39 is 0 Å². The van der Waals surface area contributed by atoms with Gasteiger partial charge in [-0.25, -0.2) is 4.98 Å². The van der Waals surface area contributed by atoms with Crippen molar-refractivity contribution in [3.05, 3.63) is 54.3 Å². The van der Waals surface area contributed by atoms with Crippen LogP contribution in [-0.4, -0.2) is 39.1 Å². The second kappa shape index (κ2) is 9.06. The predicted molar refractivity (Wildman–Crippen MR) is 120 cm³/mol. The minimum atomic E-state index is -0.131. The number of hydrogen-bond acceptors (Lipinski definition) is 7. The normalized spacial score (nSPS) is 19.9. The lowest BCUT2D eigenvalue weighted by Gasteiger charge is -2.34. The highest BCUT2D eigenvalue weighted by Crippen LogP contribution is 2.37. The van der Waals surface area contributed by atoms with E-state index in [0.717, 1.165) is 55.2 Å². The summed E-state index contributed by atoms with van der Waals surface area (Å²) in [4.78, 5) is 28.8. The minimum Gasteiger partial charge on any atom is -0.355 e. The largest absolute Gasteiger partial charge is 0.355 e. The van der Waals surface area contributed by atoms with Crippen LogP contribution < -0.4 is 10.2 Å². The molecule has 3 aromatic rings. The van der Waals surface area contributed by atoms with Gasteiger partial charge in [0.2, 0.25) is 17.6 Å². The molecule has 2 aliphatic rings.